The van der Waals surface area contributed by atoms with Crippen molar-refractivity contribution in [2.24, 2.45) is 0 Å². The zero-order valence-corrected chi connectivity index (χ0v) is 6.78. The van der Waals surface area contributed by atoms with Crippen molar-refractivity contribution in [1.82, 2.24) is 5.48 Å². The first-order valence-electron chi connectivity index (χ1n) is 3.84. The van der Waals surface area contributed by atoms with Crippen LogP contribution < -0.4 is 10.3 Å². The minimum atomic E-state index is -0.537. The predicted octanol–water partition coefficient (Wildman–Crippen LogP) is 0.827. The van der Waals surface area contributed by atoms with Crippen LogP contribution >= 0.6 is 0 Å². The Bertz CT molecular complexity index is 392. The van der Waals surface area contributed by atoms with Crippen LogP contribution in [0.5, 0.6) is 5.75 Å². The molecule has 0 spiro atoms. The summed E-state index contributed by atoms with van der Waals surface area (Å²) in [6.07, 6.45) is 5.24. The summed E-state index contributed by atoms with van der Waals surface area (Å²) in [5.41, 5.74) is 3.00. The molecule has 0 saturated carbocycles. The SMILES string of the molecule is C#CC1C(=O)NOc2ccccc21. The largest absolute Gasteiger partial charge is 0.379 e. The number of para-hydroxylation sites is 1. The number of hydroxylamine groups is 1. The lowest BCUT2D eigenvalue weighted by molar-refractivity contribution is -0.129. The average Bonchev–Trinajstić information content (AvgIpc) is 2.18. The van der Waals surface area contributed by atoms with Gasteiger partial charge in [-0.3, -0.25) is 4.79 Å². The Hall–Kier alpha value is -1.95. The molecule has 1 atom stereocenters. The fourth-order valence-electron chi connectivity index (χ4n) is 1.28. The van der Waals surface area contributed by atoms with Gasteiger partial charge in [0.05, 0.1) is 0 Å². The summed E-state index contributed by atoms with van der Waals surface area (Å²) >= 11 is 0. The number of hydrogen-bond donors (Lipinski definition) is 1. The first kappa shape index (κ1) is 7.69. The molecule has 64 valence electrons. The smallest absolute Gasteiger partial charge is 0.272 e. The highest BCUT2D eigenvalue weighted by Crippen LogP contribution is 2.28. The minimum absolute atomic E-state index is 0.291. The van der Waals surface area contributed by atoms with Crippen LogP contribution in [-0.2, 0) is 4.79 Å². The van der Waals surface area contributed by atoms with Crippen molar-refractivity contribution in [2.75, 3.05) is 0 Å². The van der Waals surface area contributed by atoms with E-state index >= 15 is 0 Å². The summed E-state index contributed by atoms with van der Waals surface area (Å²) in [6.45, 7) is 0. The molecule has 0 aromatic heterocycles. The zero-order chi connectivity index (χ0) is 9.26. The van der Waals surface area contributed by atoms with Gasteiger partial charge in [0.2, 0.25) is 0 Å². The zero-order valence-electron chi connectivity index (χ0n) is 6.78. The van der Waals surface area contributed by atoms with E-state index in [0.29, 0.717) is 5.75 Å². The lowest BCUT2D eigenvalue weighted by atomic mass is 9.97. The molecule has 3 nitrogen and oxygen atoms in total. The van der Waals surface area contributed by atoms with Gasteiger partial charge in [-0.05, 0) is 6.07 Å². The van der Waals surface area contributed by atoms with Gasteiger partial charge >= 0.3 is 0 Å². The van der Waals surface area contributed by atoms with Gasteiger partial charge < -0.3 is 4.84 Å². The van der Waals surface area contributed by atoms with Gasteiger partial charge in [0.15, 0.2) is 5.75 Å². The molecule has 1 heterocycles. The first-order valence-corrected chi connectivity index (χ1v) is 3.84. The Morgan fingerprint density at radius 3 is 3.00 bits per heavy atom. The van der Waals surface area contributed by atoms with E-state index < -0.39 is 5.92 Å². The van der Waals surface area contributed by atoms with Crippen LogP contribution in [0.4, 0.5) is 0 Å². The fraction of sp³-hybridized carbons (Fsp3) is 0.100. The molecule has 0 saturated heterocycles. The summed E-state index contributed by atoms with van der Waals surface area (Å²) < 4.78 is 0. The molecule has 1 aliphatic heterocycles. The summed E-state index contributed by atoms with van der Waals surface area (Å²) in [5, 5.41) is 0. The lowest BCUT2D eigenvalue weighted by Crippen LogP contribution is -2.36. The summed E-state index contributed by atoms with van der Waals surface area (Å²) in [4.78, 5) is 16.2. The van der Waals surface area contributed by atoms with Crippen LogP contribution in [0.1, 0.15) is 11.5 Å². The van der Waals surface area contributed by atoms with Crippen LogP contribution in [0, 0.1) is 12.3 Å². The number of fused-ring (bicyclic) bond motifs is 1. The van der Waals surface area contributed by atoms with Gasteiger partial charge in [-0.15, -0.1) is 6.42 Å². The molecule has 0 radical (unpaired) electrons. The van der Waals surface area contributed by atoms with Crippen molar-refractivity contribution in [2.45, 2.75) is 5.92 Å². The third-order valence-electron chi connectivity index (χ3n) is 1.92. The maximum absolute atomic E-state index is 11.2. The normalized spacial score (nSPS) is 19.3. The quantitative estimate of drug-likeness (QED) is 0.590. The van der Waals surface area contributed by atoms with Crippen molar-refractivity contribution < 1.29 is 9.63 Å². The van der Waals surface area contributed by atoms with Crippen molar-refractivity contribution in [1.29, 1.82) is 0 Å². The van der Waals surface area contributed by atoms with E-state index in [1.165, 1.54) is 0 Å². The topological polar surface area (TPSA) is 38.3 Å². The molecule has 1 amide bonds. The maximum Gasteiger partial charge on any atom is 0.272 e. The van der Waals surface area contributed by atoms with Gasteiger partial charge in [0.25, 0.3) is 5.91 Å². The lowest BCUT2D eigenvalue weighted by Gasteiger charge is -2.20. The Morgan fingerprint density at radius 2 is 2.23 bits per heavy atom. The highest BCUT2D eigenvalue weighted by Gasteiger charge is 2.26. The van der Waals surface area contributed by atoms with Crippen LogP contribution in [0.15, 0.2) is 24.3 Å². The molecule has 1 aromatic rings. The van der Waals surface area contributed by atoms with Gasteiger partial charge in [-0.25, -0.2) is 0 Å². The Kier molecular flexibility index (Phi) is 1.67. The van der Waals surface area contributed by atoms with E-state index in [9.17, 15) is 4.79 Å². The Morgan fingerprint density at radius 1 is 1.46 bits per heavy atom. The number of terminal acetylenes is 1. The van der Waals surface area contributed by atoms with E-state index in [1.54, 1.807) is 12.1 Å². The van der Waals surface area contributed by atoms with Gasteiger partial charge in [0, 0.05) is 5.56 Å². The third-order valence-corrected chi connectivity index (χ3v) is 1.92. The van der Waals surface area contributed by atoms with Gasteiger partial charge in [-0.2, -0.15) is 5.48 Å². The number of benzene rings is 1. The fourth-order valence-corrected chi connectivity index (χ4v) is 1.28. The third kappa shape index (κ3) is 1.13. The second kappa shape index (κ2) is 2.83. The molecular weight excluding hydrogens is 166 g/mol. The highest BCUT2D eigenvalue weighted by atomic mass is 16.7. The molecule has 1 aliphatic rings. The average molecular weight is 173 g/mol. The molecule has 0 aliphatic carbocycles. The summed E-state index contributed by atoms with van der Waals surface area (Å²) in [5.74, 6) is 2.21. The van der Waals surface area contributed by atoms with Crippen LogP contribution in [0.2, 0.25) is 0 Å². The monoisotopic (exact) mass is 173 g/mol. The molecular formula is C10H7NO2. The van der Waals surface area contributed by atoms with Gasteiger partial charge in [-0.1, -0.05) is 24.1 Å². The number of nitrogens with one attached hydrogen (secondary N) is 1. The standard InChI is InChI=1S/C10H7NO2/c1-2-7-8-5-3-4-6-9(8)13-11-10(7)12/h1,3-7H,(H,11,12). The number of carbonyl (C=O) groups excluding carboxylic acids is 1. The Labute approximate surface area is 75.7 Å². The van der Waals surface area contributed by atoms with E-state index in [0.717, 1.165) is 5.56 Å². The van der Waals surface area contributed by atoms with E-state index in [1.807, 2.05) is 12.1 Å². The van der Waals surface area contributed by atoms with Crippen molar-refractivity contribution in [3.63, 3.8) is 0 Å². The molecule has 13 heavy (non-hydrogen) atoms. The van der Waals surface area contributed by atoms with Crippen LogP contribution in [0.3, 0.4) is 0 Å². The van der Waals surface area contributed by atoms with Gasteiger partial charge in [0.1, 0.15) is 5.92 Å². The van der Waals surface area contributed by atoms with Crippen molar-refractivity contribution in [3.05, 3.63) is 29.8 Å². The summed E-state index contributed by atoms with van der Waals surface area (Å²) in [7, 11) is 0. The second-order valence-corrected chi connectivity index (χ2v) is 2.71. The minimum Gasteiger partial charge on any atom is -0.379 e. The van der Waals surface area contributed by atoms with Crippen molar-refractivity contribution in [3.8, 4) is 18.1 Å². The molecule has 0 bridgehead atoms. The van der Waals surface area contributed by atoms with Crippen LogP contribution in [0.25, 0.3) is 0 Å². The molecule has 1 unspecified atom stereocenters. The van der Waals surface area contributed by atoms with E-state index in [2.05, 4.69) is 11.4 Å². The number of rotatable bonds is 0. The molecule has 3 heteroatoms. The number of hydrogen-bond acceptors (Lipinski definition) is 2. The summed E-state index contributed by atoms with van der Waals surface area (Å²) in [6, 6.07) is 7.20. The predicted molar refractivity (Wildman–Crippen MR) is 46.8 cm³/mol. The second-order valence-electron chi connectivity index (χ2n) is 2.71. The Balaban J connectivity index is 2.53. The van der Waals surface area contributed by atoms with E-state index in [4.69, 9.17) is 11.3 Å². The van der Waals surface area contributed by atoms with E-state index in [-0.39, 0.29) is 5.91 Å². The molecule has 1 aromatic carbocycles. The first-order chi connectivity index (χ1) is 6.33. The number of amides is 1. The number of carbonyl (C=O) groups is 1. The van der Waals surface area contributed by atoms with Crippen molar-refractivity contribution >= 4 is 5.91 Å². The highest BCUT2D eigenvalue weighted by molar-refractivity contribution is 5.88. The maximum atomic E-state index is 11.2. The molecule has 2 rings (SSSR count). The van der Waals surface area contributed by atoms with Crippen LogP contribution in [-0.4, -0.2) is 5.91 Å². The molecule has 1 N–H and O–H groups in total. The molecule has 0 fully saturated rings.